The molecule has 38 heavy (non-hydrogen) atoms. The molecule has 2 unspecified atom stereocenters. The lowest BCUT2D eigenvalue weighted by Crippen LogP contribution is -2.66. The van der Waals surface area contributed by atoms with E-state index in [1.165, 1.54) is 17.8 Å². The average molecular weight is 580 g/mol. The van der Waals surface area contributed by atoms with E-state index < -0.39 is 5.54 Å². The number of halogens is 2. The fourth-order valence-corrected chi connectivity index (χ4v) is 7.29. The molecule has 1 N–H and O–H groups in total. The Kier molecular flexibility index (Phi) is 10.1. The largest absolute Gasteiger partial charge is 0.347 e. The van der Waals surface area contributed by atoms with Crippen LogP contribution in [0.1, 0.15) is 66.1 Å². The minimum Gasteiger partial charge on any atom is -0.347 e. The molecular weight excluding hydrogens is 539 g/mol. The van der Waals surface area contributed by atoms with Crippen LogP contribution in [0.2, 0.25) is 10.0 Å². The van der Waals surface area contributed by atoms with Gasteiger partial charge in [0, 0.05) is 39.6 Å². The quantitative estimate of drug-likeness (QED) is 0.411. The highest BCUT2D eigenvalue weighted by Crippen LogP contribution is 2.38. The molecule has 0 bridgehead atoms. The Bertz CT molecular complexity index is 1090. The Morgan fingerprint density at radius 2 is 1.89 bits per heavy atom. The number of nitrogens with zero attached hydrogens (tertiary/aromatic N) is 3. The topological polar surface area (TPSA) is 55.9 Å². The minimum absolute atomic E-state index is 0.0367. The zero-order chi connectivity index (χ0) is 27.3. The molecule has 2 aromatic rings. The first-order valence-corrected chi connectivity index (χ1v) is 15.3. The van der Waals surface area contributed by atoms with Crippen molar-refractivity contribution in [2.24, 2.45) is 0 Å². The zero-order valence-electron chi connectivity index (χ0n) is 22.7. The lowest BCUT2D eigenvalue weighted by Gasteiger charge is -2.51. The number of amides is 2. The van der Waals surface area contributed by atoms with Gasteiger partial charge in [0.15, 0.2) is 0 Å². The third-order valence-electron chi connectivity index (χ3n) is 8.25. The minimum atomic E-state index is -0.440. The van der Waals surface area contributed by atoms with Crippen LogP contribution in [0.25, 0.3) is 0 Å². The van der Waals surface area contributed by atoms with E-state index in [0.717, 1.165) is 68.6 Å². The number of rotatable bonds is 9. The number of hydrogen-bond acceptors (Lipinski definition) is 5. The van der Waals surface area contributed by atoms with Crippen LogP contribution in [-0.2, 0) is 4.79 Å². The molecule has 2 aliphatic rings. The van der Waals surface area contributed by atoms with Gasteiger partial charge in [-0.25, -0.2) is 0 Å². The summed E-state index contributed by atoms with van der Waals surface area (Å²) in [5.41, 5.74) is 0.652. The van der Waals surface area contributed by atoms with Gasteiger partial charge < -0.3 is 15.1 Å². The van der Waals surface area contributed by atoms with Crippen molar-refractivity contribution in [3.05, 3.63) is 56.2 Å². The number of piperidine rings is 2. The molecule has 9 heteroatoms. The summed E-state index contributed by atoms with van der Waals surface area (Å²) in [6.07, 6.45) is 6.94. The average Bonchev–Trinajstić information content (AvgIpc) is 3.47. The highest BCUT2D eigenvalue weighted by atomic mass is 35.5. The molecule has 208 valence electrons. The summed E-state index contributed by atoms with van der Waals surface area (Å²) in [6.45, 7) is 3.28. The van der Waals surface area contributed by atoms with Gasteiger partial charge in [-0.05, 0) is 87.3 Å². The Morgan fingerprint density at radius 3 is 2.55 bits per heavy atom. The van der Waals surface area contributed by atoms with Gasteiger partial charge in [-0.3, -0.25) is 14.5 Å². The maximum absolute atomic E-state index is 13.6. The van der Waals surface area contributed by atoms with Crippen molar-refractivity contribution in [1.82, 2.24) is 20.0 Å². The molecule has 1 aromatic heterocycles. The number of benzene rings is 1. The van der Waals surface area contributed by atoms with E-state index in [4.69, 9.17) is 23.2 Å². The van der Waals surface area contributed by atoms with E-state index in [2.05, 4.69) is 10.2 Å². The predicted molar refractivity (Wildman–Crippen MR) is 158 cm³/mol. The zero-order valence-corrected chi connectivity index (χ0v) is 25.0. The summed E-state index contributed by atoms with van der Waals surface area (Å²) in [5, 5.41) is 6.45. The predicted octanol–water partition coefficient (Wildman–Crippen LogP) is 5.76. The van der Waals surface area contributed by atoms with Crippen molar-refractivity contribution in [3.63, 3.8) is 0 Å². The Labute approximate surface area is 241 Å². The number of hydrogen-bond donors (Lipinski definition) is 1. The fourth-order valence-electron chi connectivity index (χ4n) is 6.27. The molecular formula is C29H40Cl2N4O2S. The highest BCUT2D eigenvalue weighted by Gasteiger charge is 2.48. The smallest absolute Gasteiger partial charge is 0.263 e. The number of carbonyl (C=O) groups is 2. The Morgan fingerprint density at radius 1 is 1.13 bits per heavy atom. The molecule has 2 atom stereocenters. The third kappa shape index (κ3) is 6.56. The monoisotopic (exact) mass is 578 g/mol. The molecule has 3 heterocycles. The van der Waals surface area contributed by atoms with E-state index in [1.807, 2.05) is 61.8 Å². The van der Waals surface area contributed by atoms with Crippen molar-refractivity contribution in [1.29, 1.82) is 0 Å². The van der Waals surface area contributed by atoms with E-state index in [0.29, 0.717) is 22.6 Å². The number of nitrogens with one attached hydrogen (secondary N) is 1. The van der Waals surface area contributed by atoms with Gasteiger partial charge >= 0.3 is 0 Å². The SMILES string of the molecule is CN(C)C(=O)C1(N2CCCCC2CCC(CN(C)C(=O)c2cccs2)c2ccc(Cl)c(Cl)c2)CCNCC1. The Balaban J connectivity index is 1.56. The third-order valence-corrected chi connectivity index (χ3v) is 9.85. The second kappa shape index (κ2) is 13.1. The van der Waals surface area contributed by atoms with E-state index >= 15 is 0 Å². The van der Waals surface area contributed by atoms with Gasteiger partial charge in [-0.15, -0.1) is 11.3 Å². The lowest BCUT2D eigenvalue weighted by molar-refractivity contribution is -0.148. The van der Waals surface area contributed by atoms with Gasteiger partial charge in [-0.1, -0.05) is 41.8 Å². The normalized spacial score (nSPS) is 20.6. The van der Waals surface area contributed by atoms with Gasteiger partial charge in [0.2, 0.25) is 5.91 Å². The fraction of sp³-hybridized carbons (Fsp3) is 0.586. The second-order valence-electron chi connectivity index (χ2n) is 10.9. The van der Waals surface area contributed by atoms with Gasteiger partial charge in [0.25, 0.3) is 5.91 Å². The first-order valence-electron chi connectivity index (χ1n) is 13.7. The van der Waals surface area contributed by atoms with Crippen LogP contribution in [0.3, 0.4) is 0 Å². The first kappa shape index (κ1) is 29.3. The highest BCUT2D eigenvalue weighted by molar-refractivity contribution is 7.12. The first-order chi connectivity index (χ1) is 18.2. The summed E-state index contributed by atoms with van der Waals surface area (Å²) in [5.74, 6) is 0.374. The molecule has 2 fully saturated rings. The maximum Gasteiger partial charge on any atom is 0.263 e. The number of carbonyl (C=O) groups excluding carboxylic acids is 2. The maximum atomic E-state index is 13.6. The summed E-state index contributed by atoms with van der Waals surface area (Å²) >= 11 is 14.1. The summed E-state index contributed by atoms with van der Waals surface area (Å²) in [6, 6.07) is 9.93. The van der Waals surface area contributed by atoms with E-state index in [9.17, 15) is 9.59 Å². The Hall–Kier alpha value is -1.64. The van der Waals surface area contributed by atoms with Crippen LogP contribution in [0.4, 0.5) is 0 Å². The van der Waals surface area contributed by atoms with Gasteiger partial charge in [0.05, 0.1) is 14.9 Å². The molecule has 2 aliphatic heterocycles. The van der Waals surface area contributed by atoms with Crippen LogP contribution in [0.15, 0.2) is 35.7 Å². The molecule has 0 aliphatic carbocycles. The van der Waals surface area contributed by atoms with Crippen LogP contribution in [0.5, 0.6) is 0 Å². The standard InChI is InChI=1S/C29H40Cl2N4O2S/c1-33(2)28(37)29(13-15-32-16-14-29)35-17-5-4-7-23(35)11-9-22(21-10-12-24(30)25(31)19-21)20-34(3)27(36)26-8-6-18-38-26/h6,8,10,12,18-19,22-23,32H,4-5,7,9,11,13-17,20H2,1-3H3. The van der Waals surface area contributed by atoms with Crippen molar-refractivity contribution >= 4 is 46.4 Å². The molecule has 0 saturated carbocycles. The van der Waals surface area contributed by atoms with Gasteiger partial charge in [0.1, 0.15) is 5.54 Å². The van der Waals surface area contributed by atoms with Crippen LogP contribution >= 0.6 is 34.5 Å². The van der Waals surface area contributed by atoms with E-state index in [1.54, 1.807) is 4.90 Å². The summed E-state index contributed by atoms with van der Waals surface area (Å²) in [4.78, 5) is 33.6. The molecule has 0 spiro atoms. The molecule has 6 nitrogen and oxygen atoms in total. The number of likely N-dealkylation sites (tertiary alicyclic amines) is 1. The number of likely N-dealkylation sites (N-methyl/N-ethyl adjacent to an activating group) is 2. The molecule has 4 rings (SSSR count). The molecule has 1 aromatic carbocycles. The van der Waals surface area contributed by atoms with Crippen LogP contribution in [-0.4, -0.2) is 85.4 Å². The van der Waals surface area contributed by atoms with Crippen LogP contribution in [0, 0.1) is 0 Å². The molecule has 0 radical (unpaired) electrons. The van der Waals surface area contributed by atoms with Gasteiger partial charge in [-0.2, -0.15) is 0 Å². The van der Waals surface area contributed by atoms with Crippen molar-refractivity contribution < 1.29 is 9.59 Å². The molecule has 2 saturated heterocycles. The second-order valence-corrected chi connectivity index (χ2v) is 12.7. The lowest BCUT2D eigenvalue weighted by atomic mass is 9.80. The van der Waals surface area contributed by atoms with Crippen molar-refractivity contribution in [3.8, 4) is 0 Å². The number of thiophene rings is 1. The van der Waals surface area contributed by atoms with Crippen molar-refractivity contribution in [2.75, 3.05) is 47.3 Å². The summed E-state index contributed by atoms with van der Waals surface area (Å²) in [7, 11) is 5.64. The van der Waals surface area contributed by atoms with Crippen LogP contribution < -0.4 is 5.32 Å². The summed E-state index contributed by atoms with van der Waals surface area (Å²) < 4.78 is 0. The van der Waals surface area contributed by atoms with Crippen molar-refractivity contribution in [2.45, 2.75) is 62.4 Å². The van der Waals surface area contributed by atoms with E-state index in [-0.39, 0.29) is 17.7 Å². The molecule has 2 amide bonds.